The standard InChI is InChI=1S/C11H18FN3/c1-2-5-13-6-7-14-9-11-4-3-10(12)8-15-11/h3-4,8,13-14H,2,5-7,9H2,1H3. The second-order valence-electron chi connectivity index (χ2n) is 3.39. The van der Waals surface area contributed by atoms with Gasteiger partial charge in [-0.1, -0.05) is 6.92 Å². The molecule has 84 valence electrons. The number of nitrogens with one attached hydrogen (secondary N) is 2. The SMILES string of the molecule is CCCNCCNCc1ccc(F)cn1. The van der Waals surface area contributed by atoms with Gasteiger partial charge in [-0.15, -0.1) is 0 Å². The normalized spacial score (nSPS) is 10.5. The lowest BCUT2D eigenvalue weighted by Crippen LogP contribution is -2.27. The fourth-order valence-corrected chi connectivity index (χ4v) is 1.21. The predicted molar refractivity (Wildman–Crippen MR) is 59.1 cm³/mol. The molecule has 1 aromatic rings. The molecular formula is C11H18FN3. The van der Waals surface area contributed by atoms with Crippen LogP contribution in [-0.2, 0) is 6.54 Å². The molecule has 0 saturated heterocycles. The Morgan fingerprint density at radius 3 is 2.67 bits per heavy atom. The molecule has 0 aliphatic rings. The van der Waals surface area contributed by atoms with Gasteiger partial charge in [0.1, 0.15) is 5.82 Å². The summed E-state index contributed by atoms with van der Waals surface area (Å²) in [6, 6.07) is 3.13. The van der Waals surface area contributed by atoms with Crippen molar-refractivity contribution in [1.29, 1.82) is 0 Å². The maximum atomic E-state index is 12.5. The molecule has 0 spiro atoms. The minimum absolute atomic E-state index is 0.289. The van der Waals surface area contributed by atoms with Gasteiger partial charge in [-0.25, -0.2) is 4.39 Å². The van der Waals surface area contributed by atoms with Crippen molar-refractivity contribution in [2.45, 2.75) is 19.9 Å². The van der Waals surface area contributed by atoms with Crippen molar-refractivity contribution in [2.24, 2.45) is 0 Å². The van der Waals surface area contributed by atoms with E-state index >= 15 is 0 Å². The number of aromatic nitrogens is 1. The van der Waals surface area contributed by atoms with Crippen LogP contribution >= 0.6 is 0 Å². The van der Waals surface area contributed by atoms with E-state index in [0.717, 1.165) is 31.7 Å². The van der Waals surface area contributed by atoms with Crippen LogP contribution in [0.15, 0.2) is 18.3 Å². The minimum Gasteiger partial charge on any atom is -0.315 e. The third kappa shape index (κ3) is 5.44. The predicted octanol–water partition coefficient (Wildman–Crippen LogP) is 1.31. The Balaban J connectivity index is 2.07. The summed E-state index contributed by atoms with van der Waals surface area (Å²) < 4.78 is 12.5. The van der Waals surface area contributed by atoms with E-state index in [4.69, 9.17) is 0 Å². The third-order valence-electron chi connectivity index (χ3n) is 2.00. The van der Waals surface area contributed by atoms with Gasteiger partial charge in [0.05, 0.1) is 11.9 Å². The Kier molecular flexibility index (Phi) is 5.88. The molecule has 0 aliphatic carbocycles. The second-order valence-corrected chi connectivity index (χ2v) is 3.39. The summed E-state index contributed by atoms with van der Waals surface area (Å²) >= 11 is 0. The summed E-state index contributed by atoms with van der Waals surface area (Å²) in [4.78, 5) is 3.95. The zero-order valence-corrected chi connectivity index (χ0v) is 9.09. The first-order valence-corrected chi connectivity index (χ1v) is 5.35. The number of pyridine rings is 1. The third-order valence-corrected chi connectivity index (χ3v) is 2.00. The van der Waals surface area contributed by atoms with Gasteiger partial charge in [0.2, 0.25) is 0 Å². The van der Waals surface area contributed by atoms with E-state index in [1.54, 1.807) is 6.07 Å². The van der Waals surface area contributed by atoms with E-state index in [1.807, 2.05) is 0 Å². The average molecular weight is 211 g/mol. The Labute approximate surface area is 90.1 Å². The summed E-state index contributed by atoms with van der Waals surface area (Å²) in [5.41, 5.74) is 0.867. The van der Waals surface area contributed by atoms with Crippen molar-refractivity contribution in [2.75, 3.05) is 19.6 Å². The van der Waals surface area contributed by atoms with Crippen LogP contribution < -0.4 is 10.6 Å². The molecule has 15 heavy (non-hydrogen) atoms. The molecule has 2 N–H and O–H groups in total. The molecule has 4 heteroatoms. The van der Waals surface area contributed by atoms with Crippen molar-refractivity contribution in [3.05, 3.63) is 29.8 Å². The van der Waals surface area contributed by atoms with E-state index < -0.39 is 0 Å². The van der Waals surface area contributed by atoms with Gasteiger partial charge < -0.3 is 10.6 Å². The van der Waals surface area contributed by atoms with Crippen LogP contribution in [0.2, 0.25) is 0 Å². The van der Waals surface area contributed by atoms with Gasteiger partial charge in [0.25, 0.3) is 0 Å². The Morgan fingerprint density at radius 2 is 2.00 bits per heavy atom. The van der Waals surface area contributed by atoms with Gasteiger partial charge in [0.15, 0.2) is 0 Å². The molecular weight excluding hydrogens is 193 g/mol. The molecule has 0 radical (unpaired) electrons. The number of rotatable bonds is 7. The fraction of sp³-hybridized carbons (Fsp3) is 0.545. The minimum atomic E-state index is -0.289. The molecule has 0 unspecified atom stereocenters. The Hall–Kier alpha value is -1.00. The van der Waals surface area contributed by atoms with Gasteiger partial charge in [-0.05, 0) is 25.1 Å². The molecule has 1 aromatic heterocycles. The molecule has 0 aliphatic heterocycles. The molecule has 0 atom stereocenters. The largest absolute Gasteiger partial charge is 0.315 e. The van der Waals surface area contributed by atoms with Crippen molar-refractivity contribution >= 4 is 0 Å². The number of nitrogens with zero attached hydrogens (tertiary/aromatic N) is 1. The van der Waals surface area contributed by atoms with Gasteiger partial charge in [-0.2, -0.15) is 0 Å². The fourth-order valence-electron chi connectivity index (χ4n) is 1.21. The summed E-state index contributed by atoms with van der Waals surface area (Å²) in [6.07, 6.45) is 2.39. The highest BCUT2D eigenvalue weighted by molar-refractivity contribution is 5.04. The smallest absolute Gasteiger partial charge is 0.141 e. The van der Waals surface area contributed by atoms with Crippen LogP contribution in [0, 0.1) is 5.82 Å². The van der Waals surface area contributed by atoms with Crippen molar-refractivity contribution < 1.29 is 4.39 Å². The van der Waals surface area contributed by atoms with E-state index in [1.165, 1.54) is 12.3 Å². The van der Waals surface area contributed by atoms with Gasteiger partial charge >= 0.3 is 0 Å². The van der Waals surface area contributed by atoms with Crippen LogP contribution in [0.1, 0.15) is 19.0 Å². The van der Waals surface area contributed by atoms with E-state index in [-0.39, 0.29) is 5.82 Å². The first-order valence-electron chi connectivity index (χ1n) is 5.35. The summed E-state index contributed by atoms with van der Waals surface area (Å²) in [7, 11) is 0. The quantitative estimate of drug-likeness (QED) is 0.668. The lowest BCUT2D eigenvalue weighted by Gasteiger charge is -2.05. The molecule has 3 nitrogen and oxygen atoms in total. The molecule has 1 heterocycles. The Bertz CT molecular complexity index is 261. The highest BCUT2D eigenvalue weighted by Gasteiger charge is 1.94. The van der Waals surface area contributed by atoms with Gasteiger partial charge in [0, 0.05) is 19.6 Å². The maximum absolute atomic E-state index is 12.5. The molecule has 0 saturated carbocycles. The lowest BCUT2D eigenvalue weighted by molar-refractivity contribution is 0.595. The van der Waals surface area contributed by atoms with Crippen LogP contribution in [0.5, 0.6) is 0 Å². The molecule has 0 bridgehead atoms. The number of hydrogen-bond donors (Lipinski definition) is 2. The highest BCUT2D eigenvalue weighted by atomic mass is 19.1. The first-order chi connectivity index (χ1) is 7.33. The maximum Gasteiger partial charge on any atom is 0.141 e. The van der Waals surface area contributed by atoms with Crippen LogP contribution in [-0.4, -0.2) is 24.6 Å². The highest BCUT2D eigenvalue weighted by Crippen LogP contribution is 1.96. The zero-order valence-electron chi connectivity index (χ0n) is 9.09. The summed E-state index contributed by atoms with van der Waals surface area (Å²) in [6.45, 7) is 5.74. The summed E-state index contributed by atoms with van der Waals surface area (Å²) in [5, 5.41) is 6.52. The molecule has 1 rings (SSSR count). The number of halogens is 1. The first kappa shape index (κ1) is 12.1. The Morgan fingerprint density at radius 1 is 1.20 bits per heavy atom. The van der Waals surface area contributed by atoms with Crippen LogP contribution in [0.25, 0.3) is 0 Å². The zero-order chi connectivity index (χ0) is 10.9. The molecule has 0 aromatic carbocycles. The summed E-state index contributed by atoms with van der Waals surface area (Å²) in [5.74, 6) is -0.289. The molecule has 0 amide bonds. The van der Waals surface area contributed by atoms with E-state index in [0.29, 0.717) is 6.54 Å². The van der Waals surface area contributed by atoms with E-state index in [2.05, 4.69) is 22.5 Å². The van der Waals surface area contributed by atoms with Crippen molar-refractivity contribution in [3.63, 3.8) is 0 Å². The topological polar surface area (TPSA) is 37.0 Å². The molecule has 0 fully saturated rings. The van der Waals surface area contributed by atoms with Crippen molar-refractivity contribution in [3.8, 4) is 0 Å². The second kappa shape index (κ2) is 7.31. The van der Waals surface area contributed by atoms with Crippen LogP contribution in [0.3, 0.4) is 0 Å². The number of hydrogen-bond acceptors (Lipinski definition) is 3. The monoisotopic (exact) mass is 211 g/mol. The lowest BCUT2D eigenvalue weighted by atomic mass is 10.3. The van der Waals surface area contributed by atoms with Crippen LogP contribution in [0.4, 0.5) is 4.39 Å². The van der Waals surface area contributed by atoms with Gasteiger partial charge in [-0.3, -0.25) is 4.98 Å². The van der Waals surface area contributed by atoms with Crippen molar-refractivity contribution in [1.82, 2.24) is 15.6 Å². The average Bonchev–Trinajstić information content (AvgIpc) is 2.26. The van der Waals surface area contributed by atoms with E-state index in [9.17, 15) is 4.39 Å².